The summed E-state index contributed by atoms with van der Waals surface area (Å²) in [4.78, 5) is 0. The summed E-state index contributed by atoms with van der Waals surface area (Å²) in [5, 5.41) is 12.9. The lowest BCUT2D eigenvalue weighted by Gasteiger charge is -2.33. The Kier molecular flexibility index (Phi) is 7.91. The van der Waals surface area contributed by atoms with Crippen LogP contribution in [0.25, 0.3) is 0 Å². The first-order valence-corrected chi connectivity index (χ1v) is 7.60. The third kappa shape index (κ3) is 5.38. The predicted molar refractivity (Wildman–Crippen MR) is 77.3 cm³/mol. The molecule has 114 valence electrons. The highest BCUT2D eigenvalue weighted by molar-refractivity contribution is 4.97. The maximum atomic E-state index is 9.59. The van der Waals surface area contributed by atoms with Crippen LogP contribution in [0.1, 0.15) is 39.5 Å². The van der Waals surface area contributed by atoms with E-state index in [1.807, 2.05) is 7.05 Å². The van der Waals surface area contributed by atoms with Crippen LogP contribution < -0.4 is 5.32 Å². The summed E-state index contributed by atoms with van der Waals surface area (Å²) in [5.74, 6) is 1.11. The molecule has 0 spiro atoms. The van der Waals surface area contributed by atoms with E-state index in [2.05, 4.69) is 19.2 Å². The van der Waals surface area contributed by atoms with Gasteiger partial charge in [-0.2, -0.15) is 0 Å². The second-order valence-electron chi connectivity index (χ2n) is 6.02. The number of rotatable bonds is 10. The van der Waals surface area contributed by atoms with Crippen molar-refractivity contribution < 1.29 is 14.6 Å². The zero-order valence-corrected chi connectivity index (χ0v) is 12.8. The summed E-state index contributed by atoms with van der Waals surface area (Å²) < 4.78 is 11.1. The lowest BCUT2D eigenvalue weighted by molar-refractivity contribution is 0.0274. The van der Waals surface area contributed by atoms with E-state index in [4.69, 9.17) is 9.47 Å². The number of likely N-dealkylation sites (N-methyl/N-ethyl adjacent to an activating group) is 1. The predicted octanol–water partition coefficient (Wildman–Crippen LogP) is 1.82. The molecule has 1 aliphatic rings. The molecule has 0 aromatic rings. The molecule has 0 heterocycles. The van der Waals surface area contributed by atoms with Gasteiger partial charge in [-0.25, -0.2) is 0 Å². The van der Waals surface area contributed by atoms with E-state index < -0.39 is 0 Å². The summed E-state index contributed by atoms with van der Waals surface area (Å²) in [7, 11) is 1.95. The zero-order chi connectivity index (χ0) is 14.1. The summed E-state index contributed by atoms with van der Waals surface area (Å²) in [5.41, 5.74) is -0.0719. The molecule has 19 heavy (non-hydrogen) atoms. The monoisotopic (exact) mass is 273 g/mol. The van der Waals surface area contributed by atoms with Crippen LogP contribution in [0.3, 0.4) is 0 Å². The average molecular weight is 273 g/mol. The molecule has 1 aliphatic carbocycles. The molecule has 2 unspecified atom stereocenters. The third-order valence-electron chi connectivity index (χ3n) is 4.17. The molecule has 4 nitrogen and oxygen atoms in total. The van der Waals surface area contributed by atoms with Crippen molar-refractivity contribution in [2.75, 3.05) is 40.1 Å². The molecule has 0 radical (unpaired) electrons. The highest BCUT2D eigenvalue weighted by atomic mass is 16.5. The fourth-order valence-corrected chi connectivity index (χ4v) is 2.95. The van der Waals surface area contributed by atoms with Crippen LogP contribution in [-0.4, -0.2) is 50.7 Å². The summed E-state index contributed by atoms with van der Waals surface area (Å²) >= 11 is 0. The van der Waals surface area contributed by atoms with E-state index in [1.54, 1.807) is 0 Å². The normalized spacial score (nSPS) is 27.3. The molecular formula is C15H31NO3. The minimum Gasteiger partial charge on any atom is -0.394 e. The highest BCUT2D eigenvalue weighted by Crippen LogP contribution is 2.37. The van der Waals surface area contributed by atoms with Crippen molar-refractivity contribution in [3.63, 3.8) is 0 Å². The van der Waals surface area contributed by atoms with Gasteiger partial charge in [0.05, 0.1) is 19.8 Å². The minimum atomic E-state index is -0.0719. The van der Waals surface area contributed by atoms with E-state index in [1.165, 1.54) is 12.8 Å². The van der Waals surface area contributed by atoms with Crippen molar-refractivity contribution in [1.82, 2.24) is 5.32 Å². The topological polar surface area (TPSA) is 50.7 Å². The van der Waals surface area contributed by atoms with Crippen LogP contribution in [0.4, 0.5) is 0 Å². The molecule has 0 aromatic heterocycles. The van der Waals surface area contributed by atoms with Crippen molar-refractivity contribution in [2.45, 2.75) is 45.1 Å². The molecule has 0 aliphatic heterocycles. The lowest BCUT2D eigenvalue weighted by Crippen LogP contribution is -2.49. The van der Waals surface area contributed by atoms with E-state index in [0.29, 0.717) is 25.0 Å². The van der Waals surface area contributed by atoms with Crippen molar-refractivity contribution in [3.8, 4) is 0 Å². The lowest BCUT2D eigenvalue weighted by atomic mass is 9.86. The Morgan fingerprint density at radius 3 is 2.63 bits per heavy atom. The van der Waals surface area contributed by atoms with Crippen molar-refractivity contribution in [1.29, 1.82) is 0 Å². The number of hydrogen-bond acceptors (Lipinski definition) is 4. The Labute approximate surface area is 117 Å². The molecule has 0 saturated heterocycles. The molecular weight excluding hydrogens is 242 g/mol. The SMILES string of the molecule is CNC1(CO)CCCC1CCOCCOCC(C)C. The fourth-order valence-electron chi connectivity index (χ4n) is 2.95. The maximum Gasteiger partial charge on any atom is 0.0700 e. The standard InChI is InChI=1S/C15H31NO3/c1-13(2)11-19-10-9-18-8-6-14-5-4-7-15(14,12-17)16-3/h13-14,16-17H,4-12H2,1-3H3. The van der Waals surface area contributed by atoms with Crippen LogP contribution in [0.15, 0.2) is 0 Å². The summed E-state index contributed by atoms with van der Waals surface area (Å²) in [6.45, 7) is 7.44. The van der Waals surface area contributed by atoms with E-state index in [9.17, 15) is 5.11 Å². The summed E-state index contributed by atoms with van der Waals surface area (Å²) in [6.07, 6.45) is 4.48. The molecule has 1 saturated carbocycles. The van der Waals surface area contributed by atoms with Gasteiger partial charge in [-0.15, -0.1) is 0 Å². The van der Waals surface area contributed by atoms with Gasteiger partial charge >= 0.3 is 0 Å². The second-order valence-corrected chi connectivity index (χ2v) is 6.02. The molecule has 0 aromatic carbocycles. The van der Waals surface area contributed by atoms with Crippen molar-refractivity contribution >= 4 is 0 Å². The number of aliphatic hydroxyl groups is 1. The molecule has 4 heteroatoms. The number of ether oxygens (including phenoxy) is 2. The molecule has 1 rings (SSSR count). The van der Waals surface area contributed by atoms with Crippen LogP contribution in [0.5, 0.6) is 0 Å². The highest BCUT2D eigenvalue weighted by Gasteiger charge is 2.40. The van der Waals surface area contributed by atoms with E-state index in [0.717, 1.165) is 26.1 Å². The molecule has 2 atom stereocenters. The fraction of sp³-hybridized carbons (Fsp3) is 1.00. The third-order valence-corrected chi connectivity index (χ3v) is 4.17. The molecule has 1 fully saturated rings. The van der Waals surface area contributed by atoms with Crippen LogP contribution >= 0.6 is 0 Å². The van der Waals surface area contributed by atoms with Gasteiger partial charge in [-0.1, -0.05) is 20.3 Å². The summed E-state index contributed by atoms with van der Waals surface area (Å²) in [6, 6.07) is 0. The van der Waals surface area contributed by atoms with Crippen LogP contribution in [0.2, 0.25) is 0 Å². The van der Waals surface area contributed by atoms with Crippen LogP contribution in [0, 0.1) is 11.8 Å². The van der Waals surface area contributed by atoms with Gasteiger partial charge in [0.25, 0.3) is 0 Å². The zero-order valence-electron chi connectivity index (χ0n) is 12.8. The van der Waals surface area contributed by atoms with E-state index >= 15 is 0 Å². The maximum absolute atomic E-state index is 9.59. The first-order chi connectivity index (χ1) is 9.14. The molecule has 2 N–H and O–H groups in total. The van der Waals surface area contributed by atoms with Gasteiger partial charge in [0, 0.05) is 18.8 Å². The van der Waals surface area contributed by atoms with Crippen molar-refractivity contribution in [2.24, 2.45) is 11.8 Å². The van der Waals surface area contributed by atoms with E-state index in [-0.39, 0.29) is 12.1 Å². The van der Waals surface area contributed by atoms with Crippen molar-refractivity contribution in [3.05, 3.63) is 0 Å². The van der Waals surface area contributed by atoms with Gasteiger partial charge in [0.2, 0.25) is 0 Å². The Bertz CT molecular complexity index is 229. The Hall–Kier alpha value is -0.160. The van der Waals surface area contributed by atoms with Gasteiger partial charge in [0.1, 0.15) is 0 Å². The van der Waals surface area contributed by atoms with Crippen LogP contribution in [-0.2, 0) is 9.47 Å². The number of nitrogens with one attached hydrogen (secondary N) is 1. The quantitative estimate of drug-likeness (QED) is 0.596. The minimum absolute atomic E-state index is 0.0719. The smallest absolute Gasteiger partial charge is 0.0700 e. The number of hydrogen-bond donors (Lipinski definition) is 2. The Morgan fingerprint density at radius 2 is 2.00 bits per heavy atom. The Morgan fingerprint density at radius 1 is 1.26 bits per heavy atom. The van der Waals surface area contributed by atoms with Gasteiger partial charge in [-0.3, -0.25) is 0 Å². The van der Waals surface area contributed by atoms with Gasteiger partial charge < -0.3 is 19.9 Å². The molecule has 0 amide bonds. The first kappa shape index (κ1) is 16.9. The second kappa shape index (κ2) is 8.90. The van der Waals surface area contributed by atoms with Gasteiger partial charge in [0.15, 0.2) is 0 Å². The largest absolute Gasteiger partial charge is 0.394 e. The Balaban J connectivity index is 2.09. The van der Waals surface area contributed by atoms with Gasteiger partial charge in [-0.05, 0) is 38.1 Å². The number of aliphatic hydroxyl groups excluding tert-OH is 1. The first-order valence-electron chi connectivity index (χ1n) is 7.60. The average Bonchev–Trinajstić information content (AvgIpc) is 2.81. The molecule has 0 bridgehead atoms.